The molecule has 0 aliphatic carbocycles. The molecule has 4 heteroatoms. The van der Waals surface area contributed by atoms with Crippen molar-refractivity contribution < 1.29 is 8.78 Å². The first-order chi connectivity index (χ1) is 5.91. The maximum Gasteiger partial charge on any atom is 0.287 e. The SMILES string of the molecule is C[SH](C)c1cccc(C(C)(F)F)n1. The second kappa shape index (κ2) is 3.62. The summed E-state index contributed by atoms with van der Waals surface area (Å²) in [5.41, 5.74) is -0.138. The Morgan fingerprint density at radius 3 is 2.38 bits per heavy atom. The van der Waals surface area contributed by atoms with Crippen molar-refractivity contribution >= 4 is 10.9 Å². The van der Waals surface area contributed by atoms with Crippen molar-refractivity contribution in [2.75, 3.05) is 12.5 Å². The predicted molar refractivity (Wildman–Crippen MR) is 52.9 cm³/mol. The van der Waals surface area contributed by atoms with Gasteiger partial charge in [0.15, 0.2) is 0 Å². The van der Waals surface area contributed by atoms with Gasteiger partial charge in [-0.2, -0.15) is 8.78 Å². The Kier molecular flexibility index (Phi) is 2.91. The van der Waals surface area contributed by atoms with Gasteiger partial charge in [0.25, 0.3) is 5.92 Å². The molecule has 13 heavy (non-hydrogen) atoms. The molecule has 0 amide bonds. The molecule has 1 nitrogen and oxygen atoms in total. The van der Waals surface area contributed by atoms with Gasteiger partial charge >= 0.3 is 0 Å². The van der Waals surface area contributed by atoms with Gasteiger partial charge in [-0.05, 0) is 24.6 Å². The fraction of sp³-hybridized carbons (Fsp3) is 0.444. The van der Waals surface area contributed by atoms with Gasteiger partial charge < -0.3 is 0 Å². The quantitative estimate of drug-likeness (QED) is 0.732. The molecule has 0 aliphatic rings. The van der Waals surface area contributed by atoms with Crippen LogP contribution in [0, 0.1) is 0 Å². The van der Waals surface area contributed by atoms with Crippen LogP contribution in [0.5, 0.6) is 0 Å². The molecule has 0 bridgehead atoms. The van der Waals surface area contributed by atoms with Gasteiger partial charge in [0.05, 0.1) is 5.03 Å². The molecule has 0 unspecified atom stereocenters. The third kappa shape index (κ3) is 2.66. The molecule has 0 saturated carbocycles. The number of halogens is 2. The zero-order valence-electron chi connectivity index (χ0n) is 7.88. The summed E-state index contributed by atoms with van der Waals surface area (Å²) in [4.78, 5) is 3.92. The molecule has 74 valence electrons. The van der Waals surface area contributed by atoms with E-state index in [9.17, 15) is 8.78 Å². The maximum absolute atomic E-state index is 12.8. The van der Waals surface area contributed by atoms with Gasteiger partial charge in [-0.3, -0.25) is 0 Å². The Bertz CT molecular complexity index is 294. The van der Waals surface area contributed by atoms with Crippen LogP contribution < -0.4 is 0 Å². The Labute approximate surface area is 79.5 Å². The van der Waals surface area contributed by atoms with E-state index < -0.39 is 16.8 Å². The summed E-state index contributed by atoms with van der Waals surface area (Å²) >= 11 is 0. The summed E-state index contributed by atoms with van der Waals surface area (Å²) < 4.78 is 25.7. The third-order valence-electron chi connectivity index (χ3n) is 1.64. The van der Waals surface area contributed by atoms with Crippen LogP contribution in [0.3, 0.4) is 0 Å². The van der Waals surface area contributed by atoms with Gasteiger partial charge in [-0.1, -0.05) is 6.07 Å². The van der Waals surface area contributed by atoms with Crippen LogP contribution in [0.1, 0.15) is 12.6 Å². The molecular formula is C9H13F2NS. The first-order valence-corrected chi connectivity index (χ1v) is 6.17. The maximum atomic E-state index is 12.8. The molecule has 0 aliphatic heterocycles. The summed E-state index contributed by atoms with van der Waals surface area (Å²) in [6, 6.07) is 4.79. The molecule has 0 radical (unpaired) electrons. The average Bonchev–Trinajstić information content (AvgIpc) is 2.03. The van der Waals surface area contributed by atoms with E-state index in [-0.39, 0.29) is 5.69 Å². The number of hydrogen-bond acceptors (Lipinski definition) is 1. The smallest absolute Gasteiger partial charge is 0.242 e. The Morgan fingerprint density at radius 1 is 1.31 bits per heavy atom. The molecule has 1 aromatic heterocycles. The molecule has 1 rings (SSSR count). The molecular weight excluding hydrogens is 192 g/mol. The van der Waals surface area contributed by atoms with E-state index in [0.29, 0.717) is 0 Å². The lowest BCUT2D eigenvalue weighted by Crippen LogP contribution is -2.09. The van der Waals surface area contributed by atoms with E-state index in [4.69, 9.17) is 0 Å². The fourth-order valence-corrected chi connectivity index (χ4v) is 1.61. The predicted octanol–water partition coefficient (Wildman–Crippen LogP) is 2.81. The fourth-order valence-electron chi connectivity index (χ4n) is 0.917. The van der Waals surface area contributed by atoms with Crippen LogP contribution in [0.2, 0.25) is 0 Å². The lowest BCUT2D eigenvalue weighted by Gasteiger charge is -2.13. The monoisotopic (exact) mass is 205 g/mol. The van der Waals surface area contributed by atoms with Crippen molar-refractivity contribution in [2.45, 2.75) is 17.9 Å². The van der Waals surface area contributed by atoms with Crippen LogP contribution in [0.25, 0.3) is 0 Å². The highest BCUT2D eigenvalue weighted by molar-refractivity contribution is 8.15. The van der Waals surface area contributed by atoms with Gasteiger partial charge in [0, 0.05) is 6.92 Å². The minimum absolute atomic E-state index is 0.138. The van der Waals surface area contributed by atoms with Crippen LogP contribution in [0.4, 0.5) is 8.78 Å². The number of rotatable bonds is 2. The van der Waals surface area contributed by atoms with Crippen LogP contribution >= 0.6 is 10.9 Å². The zero-order chi connectivity index (χ0) is 10.1. The Hall–Kier alpha value is -0.640. The summed E-state index contributed by atoms with van der Waals surface area (Å²) in [5, 5.41) is 0.772. The van der Waals surface area contributed by atoms with Crippen molar-refractivity contribution in [3.05, 3.63) is 23.9 Å². The van der Waals surface area contributed by atoms with Gasteiger partial charge in [-0.25, -0.2) is 15.9 Å². The number of hydrogen-bond donors (Lipinski definition) is 1. The number of thiol groups is 1. The minimum atomic E-state index is -2.83. The van der Waals surface area contributed by atoms with E-state index in [2.05, 4.69) is 4.98 Å². The lowest BCUT2D eigenvalue weighted by atomic mass is 10.2. The molecule has 0 fully saturated rings. The van der Waals surface area contributed by atoms with E-state index >= 15 is 0 Å². The van der Waals surface area contributed by atoms with Crippen molar-refractivity contribution in [3.63, 3.8) is 0 Å². The summed E-state index contributed by atoms with van der Waals surface area (Å²) in [6.07, 6.45) is 3.99. The third-order valence-corrected chi connectivity index (χ3v) is 2.81. The highest BCUT2D eigenvalue weighted by Crippen LogP contribution is 2.30. The normalized spacial score (nSPS) is 12.8. The number of aromatic nitrogens is 1. The van der Waals surface area contributed by atoms with Gasteiger partial charge in [0.1, 0.15) is 5.69 Å². The topological polar surface area (TPSA) is 12.9 Å². The van der Waals surface area contributed by atoms with E-state index in [1.165, 1.54) is 6.07 Å². The van der Waals surface area contributed by atoms with E-state index in [1.54, 1.807) is 12.1 Å². The van der Waals surface area contributed by atoms with Gasteiger partial charge in [-0.15, -0.1) is 0 Å². The van der Waals surface area contributed by atoms with E-state index in [0.717, 1.165) is 11.9 Å². The standard InChI is InChI=1S/C9H13F2NS/c1-9(10,11)7-5-4-6-8(12-7)13(2)3/h4-6,13H,1-3H3. The van der Waals surface area contributed by atoms with Crippen LogP contribution in [0.15, 0.2) is 23.2 Å². The number of nitrogens with zero attached hydrogens (tertiary/aromatic N) is 1. The molecule has 0 atom stereocenters. The minimum Gasteiger partial charge on any atom is -0.242 e. The lowest BCUT2D eigenvalue weighted by molar-refractivity contribution is 0.0122. The van der Waals surface area contributed by atoms with Crippen molar-refractivity contribution in [2.24, 2.45) is 0 Å². The molecule has 1 aromatic rings. The first kappa shape index (κ1) is 10.4. The summed E-state index contributed by atoms with van der Waals surface area (Å²) in [6.45, 7) is 0.868. The van der Waals surface area contributed by atoms with Crippen molar-refractivity contribution in [3.8, 4) is 0 Å². The largest absolute Gasteiger partial charge is 0.287 e. The van der Waals surface area contributed by atoms with Gasteiger partial charge in [0.2, 0.25) is 0 Å². The summed E-state index contributed by atoms with van der Waals surface area (Å²) in [5.74, 6) is -2.83. The molecule has 0 aromatic carbocycles. The zero-order valence-corrected chi connectivity index (χ0v) is 8.78. The molecule has 0 N–H and O–H groups in total. The molecule has 1 heterocycles. The summed E-state index contributed by atoms with van der Waals surface area (Å²) in [7, 11) is -0.403. The second-order valence-corrected chi connectivity index (χ2v) is 5.41. The van der Waals surface area contributed by atoms with Crippen molar-refractivity contribution in [1.29, 1.82) is 0 Å². The number of alkyl halides is 2. The highest BCUT2D eigenvalue weighted by atomic mass is 32.2. The van der Waals surface area contributed by atoms with Crippen LogP contribution in [-0.4, -0.2) is 17.5 Å². The number of pyridine rings is 1. The highest BCUT2D eigenvalue weighted by Gasteiger charge is 2.26. The van der Waals surface area contributed by atoms with E-state index in [1.807, 2.05) is 12.5 Å². The second-order valence-electron chi connectivity index (χ2n) is 3.16. The Balaban J connectivity index is 3.06. The Morgan fingerprint density at radius 2 is 1.92 bits per heavy atom. The van der Waals surface area contributed by atoms with Crippen LogP contribution in [-0.2, 0) is 5.92 Å². The molecule has 0 spiro atoms. The van der Waals surface area contributed by atoms with Crippen molar-refractivity contribution in [1.82, 2.24) is 4.98 Å². The first-order valence-electron chi connectivity index (χ1n) is 3.94. The average molecular weight is 205 g/mol. The molecule has 0 saturated heterocycles.